The van der Waals surface area contributed by atoms with Crippen molar-refractivity contribution in [1.82, 2.24) is 0 Å². The number of halogens is 2. The zero-order chi connectivity index (χ0) is 19.0. The van der Waals surface area contributed by atoms with Crippen LogP contribution in [0.3, 0.4) is 0 Å². The molecule has 1 heterocycles. The molecule has 0 N–H and O–H groups in total. The monoisotopic (exact) mass is 398 g/mol. The summed E-state index contributed by atoms with van der Waals surface area (Å²) in [4.78, 5) is 12.3. The summed E-state index contributed by atoms with van der Waals surface area (Å²) in [6.07, 6.45) is -0.769. The molecule has 0 aliphatic carbocycles. The molecule has 0 saturated heterocycles. The number of ether oxygens (including phenoxy) is 2. The van der Waals surface area contributed by atoms with E-state index in [9.17, 15) is 4.79 Å². The average Bonchev–Trinajstić information content (AvgIpc) is 2.84. The van der Waals surface area contributed by atoms with Gasteiger partial charge in [-0.2, -0.15) is 0 Å². The fraction of sp³-hybridized carbons (Fsp3) is 0.136. The number of hydrogen-bond donors (Lipinski definition) is 0. The van der Waals surface area contributed by atoms with Crippen molar-refractivity contribution in [2.45, 2.75) is 12.7 Å². The van der Waals surface area contributed by atoms with E-state index in [0.29, 0.717) is 10.0 Å². The van der Waals surface area contributed by atoms with Gasteiger partial charge in [0.2, 0.25) is 0 Å². The Morgan fingerprint density at radius 3 is 2.37 bits per heavy atom. The van der Waals surface area contributed by atoms with Gasteiger partial charge in [0, 0.05) is 10.0 Å². The Kier molecular flexibility index (Phi) is 4.92. The minimum atomic E-state index is -0.769. The van der Waals surface area contributed by atoms with E-state index in [1.54, 1.807) is 6.07 Å². The van der Waals surface area contributed by atoms with Crippen LogP contribution in [0.5, 0.6) is 0 Å². The van der Waals surface area contributed by atoms with Crippen LogP contribution < -0.4 is 0 Å². The van der Waals surface area contributed by atoms with Gasteiger partial charge in [-0.25, -0.2) is 4.79 Å². The summed E-state index contributed by atoms with van der Waals surface area (Å²) in [5, 5.41) is 1.13. The molecule has 3 nitrogen and oxygen atoms in total. The van der Waals surface area contributed by atoms with Gasteiger partial charge in [-0.15, -0.1) is 0 Å². The van der Waals surface area contributed by atoms with Gasteiger partial charge >= 0.3 is 5.97 Å². The van der Waals surface area contributed by atoms with Crippen LogP contribution in [0, 0.1) is 0 Å². The van der Waals surface area contributed by atoms with Crippen molar-refractivity contribution in [3.8, 4) is 22.3 Å². The van der Waals surface area contributed by atoms with E-state index in [-0.39, 0.29) is 6.61 Å². The van der Waals surface area contributed by atoms with Crippen LogP contribution in [0.15, 0.2) is 60.7 Å². The maximum absolute atomic E-state index is 12.3. The summed E-state index contributed by atoms with van der Waals surface area (Å²) in [5.74, 6) is -0.414. The fourth-order valence-corrected chi connectivity index (χ4v) is 4.03. The van der Waals surface area contributed by atoms with Crippen LogP contribution >= 0.6 is 23.2 Å². The molecule has 1 aliphatic rings. The van der Waals surface area contributed by atoms with Gasteiger partial charge in [0.05, 0.1) is 13.7 Å². The van der Waals surface area contributed by atoms with E-state index in [4.69, 9.17) is 32.7 Å². The normalized spacial score (nSPS) is 15.4. The van der Waals surface area contributed by atoms with Crippen LogP contribution in [0.25, 0.3) is 22.3 Å². The third kappa shape index (κ3) is 3.34. The van der Waals surface area contributed by atoms with E-state index >= 15 is 0 Å². The number of methoxy groups -OCH3 is 1. The Morgan fingerprint density at radius 1 is 0.963 bits per heavy atom. The lowest BCUT2D eigenvalue weighted by Gasteiger charge is -2.15. The van der Waals surface area contributed by atoms with Gasteiger partial charge < -0.3 is 9.47 Å². The zero-order valence-corrected chi connectivity index (χ0v) is 16.1. The molecule has 1 aliphatic heterocycles. The highest BCUT2D eigenvalue weighted by Gasteiger charge is 2.30. The molecule has 0 radical (unpaired) electrons. The van der Waals surface area contributed by atoms with Crippen LogP contribution in [-0.4, -0.2) is 13.1 Å². The zero-order valence-electron chi connectivity index (χ0n) is 14.5. The van der Waals surface area contributed by atoms with E-state index in [1.807, 2.05) is 54.6 Å². The Balaban J connectivity index is 1.93. The summed E-state index contributed by atoms with van der Waals surface area (Å²) < 4.78 is 10.9. The maximum Gasteiger partial charge on any atom is 0.339 e. The summed E-state index contributed by atoms with van der Waals surface area (Å²) in [7, 11) is 1.37. The summed E-state index contributed by atoms with van der Waals surface area (Å²) in [6.45, 7) is 0.268. The standard InChI is InChI=1S/C22H16Cl2O3/c1-26-22(25)21-19-6-3-2-5-17(19)18-8-4-7-16(20(18)12-27-21)13-9-14(23)11-15(24)10-13/h2-11,21H,12H2,1H3. The van der Waals surface area contributed by atoms with Crippen LogP contribution in [-0.2, 0) is 20.9 Å². The molecule has 0 aromatic heterocycles. The molecule has 4 rings (SSSR count). The molecule has 3 aromatic rings. The van der Waals surface area contributed by atoms with E-state index in [2.05, 4.69) is 0 Å². The van der Waals surface area contributed by atoms with Crippen molar-refractivity contribution in [2.24, 2.45) is 0 Å². The first-order valence-electron chi connectivity index (χ1n) is 8.45. The quantitative estimate of drug-likeness (QED) is 0.491. The number of rotatable bonds is 2. The molecule has 1 atom stereocenters. The number of benzene rings is 3. The van der Waals surface area contributed by atoms with Crippen molar-refractivity contribution in [1.29, 1.82) is 0 Å². The van der Waals surface area contributed by atoms with E-state index in [0.717, 1.165) is 33.4 Å². The highest BCUT2D eigenvalue weighted by molar-refractivity contribution is 6.35. The number of esters is 1. The molecule has 0 saturated carbocycles. The lowest BCUT2D eigenvalue weighted by molar-refractivity contribution is -0.155. The van der Waals surface area contributed by atoms with Gasteiger partial charge in [-0.05, 0) is 51.6 Å². The molecule has 0 amide bonds. The predicted molar refractivity (Wildman–Crippen MR) is 107 cm³/mol. The van der Waals surface area contributed by atoms with Gasteiger partial charge in [-0.3, -0.25) is 0 Å². The summed E-state index contributed by atoms with van der Waals surface area (Å²) in [6, 6.07) is 19.2. The van der Waals surface area contributed by atoms with Crippen LogP contribution in [0.1, 0.15) is 17.2 Å². The van der Waals surface area contributed by atoms with Crippen molar-refractivity contribution < 1.29 is 14.3 Å². The SMILES string of the molecule is COC(=O)C1OCc2c(-c3cc(Cl)cc(Cl)c3)cccc2-c2ccccc21. The highest BCUT2D eigenvalue weighted by atomic mass is 35.5. The Hall–Kier alpha value is -2.33. The van der Waals surface area contributed by atoms with Gasteiger partial charge in [0.15, 0.2) is 6.10 Å². The molecule has 136 valence electrons. The lowest BCUT2D eigenvalue weighted by atomic mass is 9.90. The molecule has 5 heteroatoms. The third-order valence-electron chi connectivity index (χ3n) is 4.69. The topological polar surface area (TPSA) is 35.5 Å². The van der Waals surface area contributed by atoms with Crippen LogP contribution in [0.2, 0.25) is 10.0 Å². The molecule has 1 unspecified atom stereocenters. The minimum Gasteiger partial charge on any atom is -0.467 e. The smallest absolute Gasteiger partial charge is 0.339 e. The number of fused-ring (bicyclic) bond motifs is 3. The minimum absolute atomic E-state index is 0.268. The second-order valence-electron chi connectivity index (χ2n) is 6.29. The van der Waals surface area contributed by atoms with Gasteiger partial charge in [-0.1, -0.05) is 65.7 Å². The first-order chi connectivity index (χ1) is 13.1. The van der Waals surface area contributed by atoms with E-state index in [1.165, 1.54) is 7.11 Å². The summed E-state index contributed by atoms with van der Waals surface area (Å²) in [5.41, 5.74) is 5.62. The van der Waals surface area contributed by atoms with E-state index < -0.39 is 12.1 Å². The van der Waals surface area contributed by atoms with Gasteiger partial charge in [0.25, 0.3) is 0 Å². The Bertz CT molecular complexity index is 1010. The number of carbonyl (C=O) groups is 1. The Labute approximate surface area is 167 Å². The van der Waals surface area contributed by atoms with Crippen molar-refractivity contribution >= 4 is 29.2 Å². The van der Waals surface area contributed by atoms with Crippen molar-refractivity contribution in [3.63, 3.8) is 0 Å². The molecular weight excluding hydrogens is 383 g/mol. The molecule has 0 fully saturated rings. The fourth-order valence-electron chi connectivity index (χ4n) is 3.50. The molecular formula is C22H16Cl2O3. The third-order valence-corrected chi connectivity index (χ3v) is 5.13. The largest absolute Gasteiger partial charge is 0.467 e. The molecule has 27 heavy (non-hydrogen) atoms. The lowest BCUT2D eigenvalue weighted by Crippen LogP contribution is -2.17. The number of hydrogen-bond acceptors (Lipinski definition) is 3. The van der Waals surface area contributed by atoms with Crippen molar-refractivity contribution in [2.75, 3.05) is 7.11 Å². The maximum atomic E-state index is 12.3. The molecule has 3 aromatic carbocycles. The van der Waals surface area contributed by atoms with Crippen molar-refractivity contribution in [3.05, 3.63) is 81.8 Å². The highest BCUT2D eigenvalue weighted by Crippen LogP contribution is 2.41. The first kappa shape index (κ1) is 18.1. The van der Waals surface area contributed by atoms with Crippen LogP contribution in [0.4, 0.5) is 0 Å². The molecule has 0 bridgehead atoms. The second-order valence-corrected chi connectivity index (χ2v) is 7.16. The average molecular weight is 399 g/mol. The Morgan fingerprint density at radius 2 is 1.63 bits per heavy atom. The number of carbonyl (C=O) groups excluding carboxylic acids is 1. The first-order valence-corrected chi connectivity index (χ1v) is 9.21. The summed E-state index contributed by atoms with van der Waals surface area (Å²) >= 11 is 12.4. The molecule has 0 spiro atoms. The predicted octanol–water partition coefficient (Wildman–Crippen LogP) is 6.07. The van der Waals surface area contributed by atoms with Gasteiger partial charge in [0.1, 0.15) is 0 Å². The second kappa shape index (κ2) is 7.35.